The molecular weight excluding hydrogens is 396 g/mol. The van der Waals surface area contributed by atoms with Crippen LogP contribution in [0.4, 0.5) is 10.8 Å². The van der Waals surface area contributed by atoms with Gasteiger partial charge in [-0.15, -0.1) is 11.8 Å². The number of carbonyl (C=O) groups is 2. The van der Waals surface area contributed by atoms with Gasteiger partial charge in [0, 0.05) is 31.0 Å². The molecule has 0 aliphatic carbocycles. The lowest BCUT2D eigenvalue weighted by atomic mass is 10.2. The van der Waals surface area contributed by atoms with Gasteiger partial charge in [-0.25, -0.2) is 4.98 Å². The minimum absolute atomic E-state index is 0.0840. The highest BCUT2D eigenvalue weighted by molar-refractivity contribution is 8.01. The van der Waals surface area contributed by atoms with E-state index in [1.54, 1.807) is 28.0 Å². The number of hydrogen-bond acceptors (Lipinski definition) is 7. The predicted molar refractivity (Wildman–Crippen MR) is 112 cm³/mol. The Labute approximate surface area is 171 Å². The van der Waals surface area contributed by atoms with Gasteiger partial charge in [-0.05, 0) is 31.5 Å². The molecule has 0 spiro atoms. The highest BCUT2D eigenvalue weighted by Crippen LogP contribution is 2.47. The van der Waals surface area contributed by atoms with Crippen molar-refractivity contribution in [1.82, 2.24) is 9.88 Å². The first kappa shape index (κ1) is 18.2. The zero-order chi connectivity index (χ0) is 19.3. The molecule has 148 valence electrons. The summed E-state index contributed by atoms with van der Waals surface area (Å²) in [5.74, 6) is 0.627. The number of morpholine rings is 1. The Hall–Kier alpha value is -1.84. The number of nitrogens with zero attached hydrogens (tertiary/aromatic N) is 3. The smallest absolute Gasteiger partial charge is 0.248 e. The van der Waals surface area contributed by atoms with Gasteiger partial charge in [0.25, 0.3) is 0 Å². The molecule has 1 aromatic heterocycles. The van der Waals surface area contributed by atoms with Gasteiger partial charge in [-0.2, -0.15) is 0 Å². The number of hydrogen-bond donors (Lipinski definition) is 1. The summed E-state index contributed by atoms with van der Waals surface area (Å²) < 4.78 is 6.45. The van der Waals surface area contributed by atoms with Crippen LogP contribution in [-0.2, 0) is 14.3 Å². The second-order valence-corrected chi connectivity index (χ2v) is 10.0. The SMILES string of the molecule is C[C@]12CCC(=O)N1[C@H](C(=O)Nc1ccc3nc(N4CCOCC4)sc3c1)CS2. The van der Waals surface area contributed by atoms with E-state index in [9.17, 15) is 9.59 Å². The standard InChI is InChI=1S/C19H22N4O3S2/c1-19-5-4-16(24)23(19)14(11-27-19)17(25)20-12-2-3-13-15(10-12)28-18(21-13)22-6-8-26-9-7-22/h2-3,10,14H,4-9,11H2,1H3,(H,20,25)/t14-,19-/m0/s1. The first-order valence-corrected chi connectivity index (χ1v) is 11.3. The number of rotatable bonds is 3. The molecule has 5 rings (SSSR count). The monoisotopic (exact) mass is 418 g/mol. The fraction of sp³-hybridized carbons (Fsp3) is 0.526. The number of nitrogens with one attached hydrogen (secondary N) is 1. The lowest BCUT2D eigenvalue weighted by Gasteiger charge is -2.29. The minimum atomic E-state index is -0.397. The number of anilines is 2. The van der Waals surface area contributed by atoms with Crippen LogP contribution in [0.15, 0.2) is 18.2 Å². The van der Waals surface area contributed by atoms with Crippen molar-refractivity contribution in [3.8, 4) is 0 Å². The molecule has 0 unspecified atom stereocenters. The lowest BCUT2D eigenvalue weighted by molar-refractivity contribution is -0.135. The first-order valence-electron chi connectivity index (χ1n) is 9.54. The van der Waals surface area contributed by atoms with E-state index in [0.29, 0.717) is 12.2 Å². The van der Waals surface area contributed by atoms with Crippen molar-refractivity contribution in [2.24, 2.45) is 0 Å². The molecule has 1 aromatic carbocycles. The summed E-state index contributed by atoms with van der Waals surface area (Å²) in [6.45, 7) is 5.22. The zero-order valence-corrected chi connectivity index (χ0v) is 17.3. The number of thiazole rings is 1. The summed E-state index contributed by atoms with van der Waals surface area (Å²) in [6, 6.07) is 5.41. The summed E-state index contributed by atoms with van der Waals surface area (Å²) in [7, 11) is 0. The number of fused-ring (bicyclic) bond motifs is 2. The Balaban J connectivity index is 1.33. The molecule has 3 saturated heterocycles. The summed E-state index contributed by atoms with van der Waals surface area (Å²) in [5, 5.41) is 4.01. The fourth-order valence-corrected chi connectivity index (χ4v) is 6.61. The van der Waals surface area contributed by atoms with E-state index in [-0.39, 0.29) is 16.7 Å². The van der Waals surface area contributed by atoms with Crippen LogP contribution < -0.4 is 10.2 Å². The molecule has 9 heteroatoms. The first-order chi connectivity index (χ1) is 13.5. The number of ether oxygens (including phenoxy) is 1. The van der Waals surface area contributed by atoms with Gasteiger partial charge in [0.15, 0.2) is 5.13 Å². The summed E-state index contributed by atoms with van der Waals surface area (Å²) >= 11 is 3.34. The molecule has 0 radical (unpaired) electrons. The highest BCUT2D eigenvalue weighted by atomic mass is 32.2. The third-order valence-electron chi connectivity index (χ3n) is 5.67. The summed E-state index contributed by atoms with van der Waals surface area (Å²) in [5.41, 5.74) is 1.68. The quantitative estimate of drug-likeness (QED) is 0.826. The summed E-state index contributed by atoms with van der Waals surface area (Å²) in [4.78, 5) is 33.7. The van der Waals surface area contributed by atoms with Gasteiger partial charge < -0.3 is 19.9 Å². The van der Waals surface area contributed by atoms with Crippen molar-refractivity contribution >= 4 is 55.9 Å². The van der Waals surface area contributed by atoms with E-state index in [2.05, 4.69) is 17.1 Å². The molecule has 2 aromatic rings. The molecule has 1 N–H and O–H groups in total. The van der Waals surface area contributed by atoms with E-state index in [1.165, 1.54) is 0 Å². The molecule has 4 heterocycles. The van der Waals surface area contributed by atoms with Crippen molar-refractivity contribution < 1.29 is 14.3 Å². The molecule has 2 atom stereocenters. The molecule has 28 heavy (non-hydrogen) atoms. The van der Waals surface area contributed by atoms with Gasteiger partial charge >= 0.3 is 0 Å². The van der Waals surface area contributed by atoms with E-state index < -0.39 is 6.04 Å². The van der Waals surface area contributed by atoms with Crippen molar-refractivity contribution in [1.29, 1.82) is 0 Å². The van der Waals surface area contributed by atoms with Gasteiger partial charge in [0.05, 0.1) is 28.3 Å². The maximum atomic E-state index is 12.9. The van der Waals surface area contributed by atoms with Crippen LogP contribution in [0.25, 0.3) is 10.2 Å². The highest BCUT2D eigenvalue weighted by Gasteiger charge is 2.52. The van der Waals surface area contributed by atoms with Gasteiger partial charge in [-0.1, -0.05) is 11.3 Å². The topological polar surface area (TPSA) is 74.8 Å². The van der Waals surface area contributed by atoms with E-state index in [0.717, 1.165) is 53.8 Å². The average molecular weight is 419 g/mol. The molecule has 7 nitrogen and oxygen atoms in total. The maximum absolute atomic E-state index is 12.9. The largest absolute Gasteiger partial charge is 0.378 e. The van der Waals surface area contributed by atoms with Crippen LogP contribution in [0.1, 0.15) is 19.8 Å². The molecule has 2 amide bonds. The van der Waals surface area contributed by atoms with E-state index in [4.69, 9.17) is 9.72 Å². The Morgan fingerprint density at radius 1 is 1.36 bits per heavy atom. The number of thioether (sulfide) groups is 1. The van der Waals surface area contributed by atoms with E-state index in [1.807, 2.05) is 18.2 Å². The van der Waals surface area contributed by atoms with Gasteiger partial charge in [0.1, 0.15) is 6.04 Å². The Kier molecular flexibility index (Phi) is 4.48. The molecular formula is C19H22N4O3S2. The number of amides is 2. The molecule has 3 fully saturated rings. The van der Waals surface area contributed by atoms with Crippen molar-refractivity contribution in [2.45, 2.75) is 30.7 Å². The Morgan fingerprint density at radius 3 is 3.00 bits per heavy atom. The Morgan fingerprint density at radius 2 is 2.18 bits per heavy atom. The number of carbonyl (C=O) groups excluding carboxylic acids is 2. The van der Waals surface area contributed by atoms with Crippen LogP contribution in [0.3, 0.4) is 0 Å². The number of benzene rings is 1. The van der Waals surface area contributed by atoms with Crippen LogP contribution in [-0.4, -0.2) is 64.7 Å². The van der Waals surface area contributed by atoms with Gasteiger partial charge in [-0.3, -0.25) is 9.59 Å². The number of aromatic nitrogens is 1. The van der Waals surface area contributed by atoms with Crippen LogP contribution in [0.5, 0.6) is 0 Å². The van der Waals surface area contributed by atoms with Crippen molar-refractivity contribution in [3.05, 3.63) is 18.2 Å². The minimum Gasteiger partial charge on any atom is -0.378 e. The van der Waals surface area contributed by atoms with Crippen LogP contribution >= 0.6 is 23.1 Å². The van der Waals surface area contributed by atoms with Crippen molar-refractivity contribution in [3.63, 3.8) is 0 Å². The Bertz CT molecular complexity index is 942. The van der Waals surface area contributed by atoms with Crippen LogP contribution in [0.2, 0.25) is 0 Å². The summed E-state index contributed by atoms with van der Waals surface area (Å²) in [6.07, 6.45) is 1.35. The second kappa shape index (κ2) is 6.89. The normalized spacial score (nSPS) is 27.5. The predicted octanol–water partition coefficient (Wildman–Crippen LogP) is 2.53. The van der Waals surface area contributed by atoms with E-state index >= 15 is 0 Å². The maximum Gasteiger partial charge on any atom is 0.248 e. The molecule has 3 aliphatic heterocycles. The second-order valence-electron chi connectivity index (χ2n) is 7.53. The lowest BCUT2D eigenvalue weighted by Crippen LogP contribution is -2.48. The molecule has 0 saturated carbocycles. The molecule has 0 bridgehead atoms. The van der Waals surface area contributed by atoms with Crippen LogP contribution in [0, 0.1) is 0 Å². The zero-order valence-electron chi connectivity index (χ0n) is 15.6. The van der Waals surface area contributed by atoms with Crippen molar-refractivity contribution in [2.75, 3.05) is 42.3 Å². The average Bonchev–Trinajstić information content (AvgIpc) is 3.35. The molecule has 3 aliphatic rings. The fourth-order valence-electron chi connectivity index (χ4n) is 4.12. The van der Waals surface area contributed by atoms with Gasteiger partial charge in [0.2, 0.25) is 11.8 Å². The third-order valence-corrected chi connectivity index (χ3v) is 8.26. The third kappa shape index (κ3) is 3.05.